The van der Waals surface area contributed by atoms with Gasteiger partial charge in [0, 0.05) is 12.2 Å². The molecule has 6 heteroatoms. The van der Waals surface area contributed by atoms with E-state index in [2.05, 4.69) is 6.58 Å². The summed E-state index contributed by atoms with van der Waals surface area (Å²) in [5.41, 5.74) is 0. The number of aliphatic carboxylic acids is 2. The van der Waals surface area contributed by atoms with E-state index < -0.39 is 11.9 Å². The number of carbonyl (C=O) groups is 2. The molecule has 0 bridgehead atoms. The third-order valence-corrected chi connectivity index (χ3v) is 1.70. The third-order valence-electron chi connectivity index (χ3n) is 1.70. The van der Waals surface area contributed by atoms with Crippen LogP contribution in [0, 0.1) is 0 Å². The monoisotopic (exact) mass is 280 g/mol. The molecule has 0 saturated carbocycles. The molecule has 0 aromatic heterocycles. The van der Waals surface area contributed by atoms with Gasteiger partial charge >= 0.3 is 11.9 Å². The van der Waals surface area contributed by atoms with Gasteiger partial charge in [-0.2, -0.15) is 0 Å². The minimum atomic E-state index is -1.26. The van der Waals surface area contributed by atoms with Crippen LogP contribution in [0.5, 0.6) is 5.75 Å². The molecule has 1 aromatic rings. The first-order valence-corrected chi connectivity index (χ1v) is 5.60. The fraction of sp³-hybridized carbons (Fsp3) is 0.143. The summed E-state index contributed by atoms with van der Waals surface area (Å²) in [5, 5.41) is 15.6. The molecule has 0 radical (unpaired) electrons. The number of carboxylic acids is 2. The summed E-state index contributed by atoms with van der Waals surface area (Å²) >= 11 is 0. The fourth-order valence-corrected chi connectivity index (χ4v) is 0.950. The molecular weight excluding hydrogens is 264 g/mol. The van der Waals surface area contributed by atoms with E-state index in [0.29, 0.717) is 25.4 Å². The predicted molar refractivity (Wildman–Crippen MR) is 72.5 cm³/mol. The van der Waals surface area contributed by atoms with E-state index in [1.54, 1.807) is 0 Å². The summed E-state index contributed by atoms with van der Waals surface area (Å²) in [5.74, 6) is -1.65. The standard InChI is InChI=1S/C10H12O2.C4H4O4/c1-2-11-8-9-12-10-6-4-3-5-7-10;5-3(6)1-2-4(7)8/h2-7H,1,8-9H2;1-2H,(H,5,6)(H,7,8)/b;2-1-. The Labute approximate surface area is 116 Å². The van der Waals surface area contributed by atoms with E-state index in [0.717, 1.165) is 5.75 Å². The highest BCUT2D eigenvalue weighted by Gasteiger charge is 1.89. The van der Waals surface area contributed by atoms with E-state index in [-0.39, 0.29) is 0 Å². The van der Waals surface area contributed by atoms with Crippen LogP contribution in [0.15, 0.2) is 55.3 Å². The van der Waals surface area contributed by atoms with Crippen LogP contribution in [-0.2, 0) is 14.3 Å². The number of hydrogen-bond donors (Lipinski definition) is 2. The Balaban J connectivity index is 0.000000396. The van der Waals surface area contributed by atoms with Crippen molar-refractivity contribution in [1.29, 1.82) is 0 Å². The van der Waals surface area contributed by atoms with Gasteiger partial charge in [-0.05, 0) is 12.1 Å². The Bertz CT molecular complexity index is 422. The van der Waals surface area contributed by atoms with Gasteiger partial charge in [-0.1, -0.05) is 24.8 Å². The van der Waals surface area contributed by atoms with E-state index >= 15 is 0 Å². The van der Waals surface area contributed by atoms with Gasteiger partial charge in [0.05, 0.1) is 6.26 Å². The molecule has 2 N–H and O–H groups in total. The minimum Gasteiger partial charge on any atom is -0.498 e. The lowest BCUT2D eigenvalue weighted by Crippen LogP contribution is -2.03. The lowest BCUT2D eigenvalue weighted by Gasteiger charge is -2.04. The lowest BCUT2D eigenvalue weighted by atomic mass is 10.3. The van der Waals surface area contributed by atoms with E-state index in [1.807, 2.05) is 30.3 Å². The van der Waals surface area contributed by atoms with Gasteiger partial charge in [0.15, 0.2) is 0 Å². The maximum absolute atomic E-state index is 9.55. The van der Waals surface area contributed by atoms with Crippen LogP contribution in [0.25, 0.3) is 0 Å². The summed E-state index contributed by atoms with van der Waals surface area (Å²) in [6.07, 6.45) is 2.53. The second kappa shape index (κ2) is 11.3. The molecule has 0 aliphatic carbocycles. The zero-order valence-corrected chi connectivity index (χ0v) is 10.8. The topological polar surface area (TPSA) is 93.1 Å². The third kappa shape index (κ3) is 11.7. The zero-order chi connectivity index (χ0) is 15.2. The van der Waals surface area contributed by atoms with Crippen molar-refractivity contribution in [2.24, 2.45) is 0 Å². The Morgan fingerprint density at radius 3 is 2.05 bits per heavy atom. The molecule has 20 heavy (non-hydrogen) atoms. The van der Waals surface area contributed by atoms with Gasteiger partial charge in [0.2, 0.25) is 0 Å². The molecule has 1 aromatic carbocycles. The highest BCUT2D eigenvalue weighted by Crippen LogP contribution is 2.07. The first kappa shape index (κ1) is 17.2. The predicted octanol–water partition coefficient (Wildman–Crippen LogP) is 1.94. The van der Waals surface area contributed by atoms with E-state index in [4.69, 9.17) is 19.7 Å². The smallest absolute Gasteiger partial charge is 0.328 e. The molecule has 1 rings (SSSR count). The van der Waals surface area contributed by atoms with E-state index in [9.17, 15) is 9.59 Å². The van der Waals surface area contributed by atoms with Crippen LogP contribution in [0.4, 0.5) is 0 Å². The molecule has 0 amide bonds. The number of carboxylic acid groups (broad SMARTS) is 2. The average Bonchev–Trinajstić information content (AvgIpc) is 2.43. The number of hydrogen-bond acceptors (Lipinski definition) is 4. The number of rotatable bonds is 7. The maximum Gasteiger partial charge on any atom is 0.328 e. The van der Waals surface area contributed by atoms with Crippen LogP contribution in [0.1, 0.15) is 0 Å². The number of benzene rings is 1. The summed E-state index contributed by atoms with van der Waals surface area (Å²) in [6, 6.07) is 9.64. The molecule has 0 atom stereocenters. The van der Waals surface area contributed by atoms with Crippen molar-refractivity contribution in [3.05, 3.63) is 55.3 Å². The first-order valence-electron chi connectivity index (χ1n) is 5.60. The highest BCUT2D eigenvalue weighted by molar-refractivity contribution is 5.89. The zero-order valence-electron chi connectivity index (χ0n) is 10.8. The van der Waals surface area contributed by atoms with Crippen molar-refractivity contribution in [2.75, 3.05) is 13.2 Å². The largest absolute Gasteiger partial charge is 0.498 e. The van der Waals surface area contributed by atoms with Crippen molar-refractivity contribution in [2.45, 2.75) is 0 Å². The molecule has 0 spiro atoms. The SMILES string of the molecule is C=COCCOc1ccccc1.O=C(O)/C=C\C(=O)O. The fourth-order valence-electron chi connectivity index (χ4n) is 0.950. The van der Waals surface area contributed by atoms with Crippen molar-refractivity contribution < 1.29 is 29.3 Å². The summed E-state index contributed by atoms with van der Waals surface area (Å²) in [7, 11) is 0. The molecule has 6 nitrogen and oxygen atoms in total. The Morgan fingerprint density at radius 1 is 1.05 bits per heavy atom. The molecule has 0 saturated heterocycles. The average molecular weight is 280 g/mol. The Hall–Kier alpha value is -2.76. The van der Waals surface area contributed by atoms with Gasteiger partial charge in [-0.3, -0.25) is 0 Å². The molecule has 0 fully saturated rings. The molecule has 0 heterocycles. The van der Waals surface area contributed by atoms with Crippen molar-refractivity contribution in [1.82, 2.24) is 0 Å². The second-order valence-corrected chi connectivity index (χ2v) is 3.21. The first-order chi connectivity index (χ1) is 9.56. The van der Waals surface area contributed by atoms with Crippen LogP contribution in [0.2, 0.25) is 0 Å². The summed E-state index contributed by atoms with van der Waals surface area (Å²) in [4.78, 5) is 19.1. The molecule has 0 aliphatic rings. The van der Waals surface area contributed by atoms with Gasteiger partial charge in [0.25, 0.3) is 0 Å². The summed E-state index contributed by atoms with van der Waals surface area (Å²) in [6.45, 7) is 4.52. The summed E-state index contributed by atoms with van der Waals surface area (Å²) < 4.78 is 10.2. The molecule has 0 aliphatic heterocycles. The Kier molecular flexibility index (Phi) is 9.77. The minimum absolute atomic E-state index is 0.540. The van der Waals surface area contributed by atoms with Crippen molar-refractivity contribution in [3.8, 4) is 5.75 Å². The Morgan fingerprint density at radius 2 is 1.60 bits per heavy atom. The van der Waals surface area contributed by atoms with Crippen LogP contribution in [-0.4, -0.2) is 35.4 Å². The van der Waals surface area contributed by atoms with Crippen LogP contribution in [0.3, 0.4) is 0 Å². The highest BCUT2D eigenvalue weighted by atomic mass is 16.5. The van der Waals surface area contributed by atoms with E-state index in [1.165, 1.54) is 6.26 Å². The van der Waals surface area contributed by atoms with Gasteiger partial charge in [-0.25, -0.2) is 9.59 Å². The number of para-hydroxylation sites is 1. The van der Waals surface area contributed by atoms with Gasteiger partial charge in [-0.15, -0.1) is 0 Å². The molecule has 108 valence electrons. The lowest BCUT2D eigenvalue weighted by molar-refractivity contribution is -0.134. The van der Waals surface area contributed by atoms with Crippen LogP contribution < -0.4 is 4.74 Å². The van der Waals surface area contributed by atoms with Crippen molar-refractivity contribution in [3.63, 3.8) is 0 Å². The maximum atomic E-state index is 9.55. The quantitative estimate of drug-likeness (QED) is 0.450. The molecular formula is C14H16O6. The second-order valence-electron chi connectivity index (χ2n) is 3.21. The number of ether oxygens (including phenoxy) is 2. The van der Waals surface area contributed by atoms with Crippen molar-refractivity contribution >= 4 is 11.9 Å². The van der Waals surface area contributed by atoms with Gasteiger partial charge in [0.1, 0.15) is 19.0 Å². The molecule has 0 unspecified atom stereocenters. The van der Waals surface area contributed by atoms with Gasteiger partial charge < -0.3 is 19.7 Å². The van der Waals surface area contributed by atoms with Crippen LogP contribution >= 0.6 is 0 Å². The normalized spacial score (nSPS) is 9.20.